The van der Waals surface area contributed by atoms with Gasteiger partial charge in [0.25, 0.3) is 5.91 Å². The van der Waals surface area contributed by atoms with Crippen molar-refractivity contribution < 1.29 is 31.9 Å². The van der Waals surface area contributed by atoms with Gasteiger partial charge in [-0.2, -0.15) is 0 Å². The lowest BCUT2D eigenvalue weighted by Crippen LogP contribution is -2.42. The Balaban J connectivity index is 1.51. The number of para-hydroxylation sites is 1. The van der Waals surface area contributed by atoms with Gasteiger partial charge in [0.2, 0.25) is 5.91 Å². The summed E-state index contributed by atoms with van der Waals surface area (Å²) in [6.45, 7) is 0.743. The van der Waals surface area contributed by atoms with Crippen LogP contribution in [0, 0.1) is 5.92 Å². The topological polar surface area (TPSA) is 71.8 Å². The average Bonchev–Trinajstić information content (AvgIpc) is 3.20. The summed E-state index contributed by atoms with van der Waals surface area (Å²) in [5, 5.41) is 2.66. The molecule has 0 saturated carbocycles. The molecule has 2 amide bonds. The quantitative estimate of drug-likeness (QED) is 0.842. The molecule has 6 nitrogen and oxygen atoms in total. The van der Waals surface area contributed by atoms with Crippen molar-refractivity contribution in [1.29, 1.82) is 0 Å². The molecule has 0 bridgehead atoms. The highest BCUT2D eigenvalue weighted by atomic mass is 19.4. The number of rotatable bonds is 5. The Morgan fingerprint density at radius 2 is 1.86 bits per heavy atom. The fourth-order valence-corrected chi connectivity index (χ4v) is 3.10. The molecule has 0 radical (unpaired) electrons. The Morgan fingerprint density at radius 1 is 1.14 bits per heavy atom. The third kappa shape index (κ3) is 5.05. The molecule has 2 aromatic rings. The first-order valence-corrected chi connectivity index (χ1v) is 8.77. The molecule has 0 aliphatic carbocycles. The van der Waals surface area contributed by atoms with E-state index in [9.17, 15) is 22.8 Å². The number of nitrogens with zero attached hydrogens (tertiary/aromatic N) is 1. The highest BCUT2D eigenvalue weighted by Gasteiger charge is 2.32. The maximum absolute atomic E-state index is 12.5. The molecule has 28 heavy (non-hydrogen) atoms. The lowest BCUT2D eigenvalue weighted by Gasteiger charge is -2.30. The minimum absolute atomic E-state index is 0.0728. The number of piperidine rings is 1. The van der Waals surface area contributed by atoms with Crippen LogP contribution in [0.25, 0.3) is 0 Å². The molecule has 1 aliphatic heterocycles. The number of alkyl halides is 3. The fraction of sp³-hybridized carbons (Fsp3) is 0.368. The number of likely N-dealkylation sites (tertiary alicyclic amines) is 1. The molecule has 0 atom stereocenters. The molecule has 2 heterocycles. The van der Waals surface area contributed by atoms with Gasteiger partial charge < -0.3 is 19.4 Å². The molecule has 0 unspecified atom stereocenters. The first-order chi connectivity index (χ1) is 13.3. The van der Waals surface area contributed by atoms with E-state index in [1.807, 2.05) is 0 Å². The number of nitrogens with one attached hydrogen (secondary N) is 1. The second-order valence-corrected chi connectivity index (χ2v) is 6.42. The van der Waals surface area contributed by atoms with Crippen LogP contribution in [-0.2, 0) is 11.3 Å². The second kappa shape index (κ2) is 8.37. The second-order valence-electron chi connectivity index (χ2n) is 6.42. The van der Waals surface area contributed by atoms with Crippen molar-refractivity contribution >= 4 is 11.8 Å². The molecular weight excluding hydrogens is 377 g/mol. The third-order valence-electron chi connectivity index (χ3n) is 4.54. The summed E-state index contributed by atoms with van der Waals surface area (Å²) in [5.74, 6) is -0.872. The van der Waals surface area contributed by atoms with Gasteiger partial charge in [-0.25, -0.2) is 0 Å². The number of hydrogen-bond acceptors (Lipinski definition) is 4. The number of benzene rings is 1. The summed E-state index contributed by atoms with van der Waals surface area (Å²) in [6.07, 6.45) is -2.43. The Kier molecular flexibility index (Phi) is 5.91. The van der Waals surface area contributed by atoms with Crippen LogP contribution in [-0.4, -0.2) is 36.2 Å². The zero-order valence-electron chi connectivity index (χ0n) is 14.9. The number of amides is 2. The van der Waals surface area contributed by atoms with E-state index in [2.05, 4.69) is 10.1 Å². The largest absolute Gasteiger partial charge is 0.573 e. The molecule has 1 aromatic heterocycles. The monoisotopic (exact) mass is 396 g/mol. The number of hydrogen-bond donors (Lipinski definition) is 1. The van der Waals surface area contributed by atoms with Gasteiger partial charge in [-0.3, -0.25) is 9.59 Å². The van der Waals surface area contributed by atoms with E-state index in [1.54, 1.807) is 23.1 Å². The van der Waals surface area contributed by atoms with Crippen LogP contribution in [0.3, 0.4) is 0 Å². The summed E-state index contributed by atoms with van der Waals surface area (Å²) in [6, 6.07) is 8.89. The third-order valence-corrected chi connectivity index (χ3v) is 4.54. The van der Waals surface area contributed by atoms with Crippen molar-refractivity contribution in [1.82, 2.24) is 10.2 Å². The molecule has 9 heteroatoms. The van der Waals surface area contributed by atoms with Gasteiger partial charge in [0.05, 0.1) is 6.26 Å². The van der Waals surface area contributed by atoms with Crippen molar-refractivity contribution in [3.05, 3.63) is 54.0 Å². The number of carbonyl (C=O) groups is 2. The van der Waals surface area contributed by atoms with Gasteiger partial charge >= 0.3 is 6.36 Å². The molecular formula is C19H19F3N2O4. The van der Waals surface area contributed by atoms with E-state index >= 15 is 0 Å². The number of carbonyl (C=O) groups excluding carboxylic acids is 2. The smallest absolute Gasteiger partial charge is 0.459 e. The average molecular weight is 396 g/mol. The summed E-state index contributed by atoms with van der Waals surface area (Å²) in [7, 11) is 0. The SMILES string of the molecule is O=C(NCc1ccccc1OC(F)(F)F)C1CCN(C(=O)c2ccco2)CC1. The van der Waals surface area contributed by atoms with Gasteiger partial charge in [-0.15, -0.1) is 13.2 Å². The van der Waals surface area contributed by atoms with Crippen LogP contribution in [0.2, 0.25) is 0 Å². The molecule has 3 rings (SSSR count). The Hall–Kier alpha value is -2.97. The van der Waals surface area contributed by atoms with E-state index in [0.717, 1.165) is 0 Å². The predicted molar refractivity (Wildman–Crippen MR) is 92.3 cm³/mol. The summed E-state index contributed by atoms with van der Waals surface area (Å²) >= 11 is 0. The van der Waals surface area contributed by atoms with Crippen LogP contribution < -0.4 is 10.1 Å². The van der Waals surface area contributed by atoms with Crippen LogP contribution in [0.15, 0.2) is 47.1 Å². The highest BCUT2D eigenvalue weighted by molar-refractivity contribution is 5.91. The van der Waals surface area contributed by atoms with Crippen molar-refractivity contribution in [2.24, 2.45) is 5.92 Å². The maximum Gasteiger partial charge on any atom is 0.573 e. The van der Waals surface area contributed by atoms with Gasteiger partial charge in [0.15, 0.2) is 5.76 Å². The van der Waals surface area contributed by atoms with E-state index in [4.69, 9.17) is 4.42 Å². The number of ether oxygens (including phenoxy) is 1. The minimum Gasteiger partial charge on any atom is -0.459 e. The Labute approximate surface area is 159 Å². The van der Waals surface area contributed by atoms with Gasteiger partial charge in [0, 0.05) is 31.1 Å². The van der Waals surface area contributed by atoms with Crippen LogP contribution >= 0.6 is 0 Å². The molecule has 0 spiro atoms. The Bertz CT molecular complexity index is 813. The lowest BCUT2D eigenvalue weighted by atomic mass is 9.95. The van der Waals surface area contributed by atoms with Crippen molar-refractivity contribution in [3.8, 4) is 5.75 Å². The summed E-state index contributed by atoms with van der Waals surface area (Å²) < 4.78 is 46.5. The number of halogens is 3. The van der Waals surface area contributed by atoms with Crippen LogP contribution in [0.4, 0.5) is 13.2 Å². The fourth-order valence-electron chi connectivity index (χ4n) is 3.10. The molecule has 1 saturated heterocycles. The highest BCUT2D eigenvalue weighted by Crippen LogP contribution is 2.26. The normalized spacial score (nSPS) is 15.3. The van der Waals surface area contributed by atoms with E-state index < -0.39 is 6.36 Å². The zero-order valence-corrected chi connectivity index (χ0v) is 14.9. The van der Waals surface area contributed by atoms with Crippen molar-refractivity contribution in [2.45, 2.75) is 25.7 Å². The van der Waals surface area contributed by atoms with E-state index in [0.29, 0.717) is 25.9 Å². The predicted octanol–water partition coefficient (Wildman–Crippen LogP) is 3.35. The van der Waals surface area contributed by atoms with Gasteiger partial charge in [-0.1, -0.05) is 18.2 Å². The van der Waals surface area contributed by atoms with Crippen LogP contribution in [0.1, 0.15) is 29.0 Å². The molecule has 1 aliphatic rings. The van der Waals surface area contributed by atoms with E-state index in [1.165, 1.54) is 24.5 Å². The number of furan rings is 1. The van der Waals surface area contributed by atoms with Crippen molar-refractivity contribution in [2.75, 3.05) is 13.1 Å². The summed E-state index contributed by atoms with van der Waals surface area (Å²) in [4.78, 5) is 26.2. The maximum atomic E-state index is 12.5. The van der Waals surface area contributed by atoms with Crippen LogP contribution in [0.5, 0.6) is 5.75 Å². The van der Waals surface area contributed by atoms with Gasteiger partial charge in [0.1, 0.15) is 5.75 Å². The minimum atomic E-state index is -4.80. The molecule has 1 fully saturated rings. The Morgan fingerprint density at radius 3 is 2.50 bits per heavy atom. The molecule has 1 aromatic carbocycles. The lowest BCUT2D eigenvalue weighted by molar-refractivity contribution is -0.274. The molecule has 150 valence electrons. The standard InChI is InChI=1S/C19H19F3N2O4/c20-19(21,22)28-15-5-2-1-4-14(15)12-23-17(25)13-7-9-24(10-8-13)18(26)16-6-3-11-27-16/h1-6,11,13H,7-10,12H2,(H,23,25). The van der Waals surface area contributed by atoms with E-state index in [-0.39, 0.29) is 41.4 Å². The molecule has 1 N–H and O–H groups in total. The summed E-state index contributed by atoms with van der Waals surface area (Å²) in [5.41, 5.74) is 0.235. The zero-order chi connectivity index (χ0) is 20.1. The first kappa shape index (κ1) is 19.8. The van der Waals surface area contributed by atoms with Crippen molar-refractivity contribution in [3.63, 3.8) is 0 Å². The van der Waals surface area contributed by atoms with Gasteiger partial charge in [-0.05, 0) is 31.0 Å². The first-order valence-electron chi connectivity index (χ1n) is 8.77.